The van der Waals surface area contributed by atoms with Crippen molar-refractivity contribution in [3.8, 4) is 0 Å². The van der Waals surface area contributed by atoms with Crippen LogP contribution in [-0.4, -0.2) is 69.7 Å². The van der Waals surface area contributed by atoms with Gasteiger partial charge in [-0.15, -0.1) is 0 Å². The summed E-state index contributed by atoms with van der Waals surface area (Å²) in [6.07, 6.45) is 17.6. The third-order valence-corrected chi connectivity index (χ3v) is 11.6. The number of methoxy groups -OCH3 is 1. The van der Waals surface area contributed by atoms with Crippen LogP contribution in [0.25, 0.3) is 21.8 Å². The molecule has 2 aliphatic carbocycles. The second-order valence-corrected chi connectivity index (χ2v) is 16.1. The summed E-state index contributed by atoms with van der Waals surface area (Å²) in [6, 6.07) is 16.9. The van der Waals surface area contributed by atoms with E-state index >= 15 is 0 Å². The molecule has 4 aromatic heterocycles. The summed E-state index contributed by atoms with van der Waals surface area (Å²) in [7, 11) is 5.58. The quantitative estimate of drug-likeness (QED) is 0.0675. The third-order valence-electron chi connectivity index (χ3n) is 11.6. The van der Waals surface area contributed by atoms with E-state index in [2.05, 4.69) is 82.0 Å². The van der Waals surface area contributed by atoms with Gasteiger partial charge in [-0.1, -0.05) is 12.1 Å². The van der Waals surface area contributed by atoms with Crippen LogP contribution in [0.2, 0.25) is 0 Å². The van der Waals surface area contributed by atoms with Gasteiger partial charge in [0.25, 0.3) is 0 Å². The molecule has 2 fully saturated rings. The lowest BCUT2D eigenvalue weighted by Crippen LogP contribution is -2.09. The molecule has 0 aliphatic heterocycles. The van der Waals surface area contributed by atoms with Gasteiger partial charge in [0.15, 0.2) is 0 Å². The van der Waals surface area contributed by atoms with Gasteiger partial charge in [-0.3, -0.25) is 9.97 Å². The number of carbonyl (C=O) groups is 2. The van der Waals surface area contributed by atoms with Crippen molar-refractivity contribution in [2.75, 3.05) is 33.5 Å². The number of hydrogen-bond donors (Lipinski definition) is 1. The number of hydrogen-bond acceptors (Lipinski definition) is 7. The van der Waals surface area contributed by atoms with Crippen LogP contribution in [-0.2, 0) is 54.0 Å². The second-order valence-electron chi connectivity index (χ2n) is 16.1. The molecule has 59 heavy (non-hydrogen) atoms. The molecule has 8 rings (SSSR count). The van der Waals surface area contributed by atoms with Crippen LogP contribution in [0.15, 0.2) is 73.3 Å². The summed E-state index contributed by atoms with van der Waals surface area (Å²) < 4.78 is 20.4. The normalized spacial score (nSPS) is 13.8. The van der Waals surface area contributed by atoms with E-state index in [1.165, 1.54) is 52.9 Å². The summed E-state index contributed by atoms with van der Waals surface area (Å²) in [5.74, 6) is -0.162. The van der Waals surface area contributed by atoms with Gasteiger partial charge < -0.3 is 28.5 Å². The Morgan fingerprint density at radius 1 is 0.695 bits per heavy atom. The van der Waals surface area contributed by atoms with Gasteiger partial charge in [0.1, 0.15) is 0 Å². The fraction of sp³-hybridized carbons (Fsp3) is 0.429. The number of rotatable bonds is 18. The number of esters is 1. The second kappa shape index (κ2) is 19.2. The molecule has 2 aromatic carbocycles. The number of aryl methyl sites for hydroxylation is 4. The maximum atomic E-state index is 12.4. The first-order valence-corrected chi connectivity index (χ1v) is 21.3. The minimum absolute atomic E-state index is 0.308. The molecule has 0 atom stereocenters. The lowest BCUT2D eigenvalue weighted by Gasteiger charge is -2.12. The molecule has 2 saturated carbocycles. The Hall–Kier alpha value is -5.32. The van der Waals surface area contributed by atoms with Crippen LogP contribution in [0.4, 0.5) is 0 Å². The Bertz CT molecular complexity index is 2420. The van der Waals surface area contributed by atoms with Crippen molar-refractivity contribution in [2.24, 2.45) is 14.1 Å². The first-order valence-electron chi connectivity index (χ1n) is 21.3. The van der Waals surface area contributed by atoms with Gasteiger partial charge in [0.2, 0.25) is 0 Å². The zero-order valence-electron chi connectivity index (χ0n) is 35.3. The van der Waals surface area contributed by atoms with E-state index in [-0.39, 0.29) is 5.97 Å². The Kier molecular flexibility index (Phi) is 13.6. The third kappa shape index (κ3) is 10.3. The van der Waals surface area contributed by atoms with E-state index in [9.17, 15) is 14.7 Å². The van der Waals surface area contributed by atoms with Gasteiger partial charge in [0.05, 0.1) is 40.7 Å². The number of fused-ring (bicyclic) bond motifs is 2. The fourth-order valence-corrected chi connectivity index (χ4v) is 8.26. The summed E-state index contributed by atoms with van der Waals surface area (Å²) in [5.41, 5.74) is 11.9. The molecule has 0 bridgehead atoms. The van der Waals surface area contributed by atoms with E-state index in [0.717, 1.165) is 92.9 Å². The van der Waals surface area contributed by atoms with Crippen LogP contribution < -0.4 is 0 Å². The average Bonchev–Trinajstić information content (AvgIpc) is 4.18. The number of aromatic carboxylic acids is 1. The molecule has 10 heteroatoms. The highest BCUT2D eigenvalue weighted by atomic mass is 16.5. The van der Waals surface area contributed by atoms with E-state index in [4.69, 9.17) is 14.2 Å². The number of ether oxygens (including phenoxy) is 3. The van der Waals surface area contributed by atoms with Gasteiger partial charge in [-0.25, -0.2) is 9.59 Å². The van der Waals surface area contributed by atoms with E-state index in [0.29, 0.717) is 41.5 Å². The SMILES string of the molecule is CCOCCCc1cc(Cc2ncc(C3CC3)cc2C(=O)O)cc2ccn(C)c12.CCOCCCc1cc(Cc2ncc(C3CC3)cc2C(=O)OC)cc2ccn(C)c12. The summed E-state index contributed by atoms with van der Waals surface area (Å²) in [6.45, 7) is 7.04. The minimum atomic E-state index is -0.896. The monoisotopic (exact) mass is 798 g/mol. The number of pyridine rings is 2. The standard InChI is InChI=1S/C25H30N2O3.C24H28N2O3/c1-4-30-11-5-6-19-12-17(13-20-9-10-27(2)24(19)20)14-23-22(25(28)29-3)15-21(16-26-23)18-7-8-18;1-3-29-10-4-5-18-11-16(12-19-8-9-26(2)23(18)19)13-22-21(24(27)28)14-20(15-25-22)17-6-7-17/h9-10,12-13,15-16,18H,4-8,11,14H2,1-3H3;8-9,11-12,14-15,17H,3-7,10,13H2,1-2H3,(H,27,28). The Labute approximate surface area is 347 Å². The number of carboxylic acids is 1. The number of nitrogens with zero attached hydrogens (tertiary/aromatic N) is 4. The van der Waals surface area contributed by atoms with Crippen LogP contribution in [0.5, 0.6) is 0 Å². The zero-order chi connectivity index (χ0) is 41.5. The molecule has 2 aliphatic rings. The fourth-order valence-electron chi connectivity index (χ4n) is 8.26. The predicted octanol–water partition coefficient (Wildman–Crippen LogP) is 9.51. The molecule has 6 aromatic rings. The van der Waals surface area contributed by atoms with Gasteiger partial charge in [-0.2, -0.15) is 0 Å². The number of benzene rings is 2. The van der Waals surface area contributed by atoms with Gasteiger partial charge in [0, 0.05) is 88.9 Å². The number of aromatic nitrogens is 4. The number of carbonyl (C=O) groups excluding carboxylic acids is 1. The van der Waals surface area contributed by atoms with Crippen molar-refractivity contribution in [1.82, 2.24) is 19.1 Å². The molecular weight excluding hydrogens is 741 g/mol. The molecular formula is C49H58N4O6. The summed E-state index contributed by atoms with van der Waals surface area (Å²) in [5, 5.41) is 12.1. The minimum Gasteiger partial charge on any atom is -0.478 e. The molecule has 0 unspecified atom stereocenters. The van der Waals surface area contributed by atoms with E-state index in [1.54, 1.807) is 0 Å². The molecule has 1 N–H and O–H groups in total. The molecule has 0 radical (unpaired) electrons. The molecule has 0 spiro atoms. The molecule has 10 nitrogen and oxygen atoms in total. The van der Waals surface area contributed by atoms with Gasteiger partial charge >= 0.3 is 11.9 Å². The molecule has 4 heterocycles. The van der Waals surface area contributed by atoms with Crippen molar-refractivity contribution in [1.29, 1.82) is 0 Å². The van der Waals surface area contributed by atoms with Crippen molar-refractivity contribution < 1.29 is 28.9 Å². The van der Waals surface area contributed by atoms with Crippen molar-refractivity contribution in [2.45, 2.75) is 89.9 Å². The highest BCUT2D eigenvalue weighted by molar-refractivity contribution is 5.91. The number of carboxylic acid groups (broad SMARTS) is 1. The zero-order valence-corrected chi connectivity index (χ0v) is 35.3. The van der Waals surface area contributed by atoms with Crippen molar-refractivity contribution in [3.05, 3.63) is 129 Å². The van der Waals surface area contributed by atoms with E-state index in [1.807, 2.05) is 38.4 Å². The first-order chi connectivity index (χ1) is 28.7. The summed E-state index contributed by atoms with van der Waals surface area (Å²) in [4.78, 5) is 33.5. The Morgan fingerprint density at radius 2 is 1.15 bits per heavy atom. The van der Waals surface area contributed by atoms with Crippen molar-refractivity contribution in [3.63, 3.8) is 0 Å². The lowest BCUT2D eigenvalue weighted by molar-refractivity contribution is 0.0598. The first kappa shape index (κ1) is 41.8. The van der Waals surface area contributed by atoms with Crippen LogP contribution in [0.3, 0.4) is 0 Å². The maximum absolute atomic E-state index is 12.4. The highest BCUT2D eigenvalue weighted by Crippen LogP contribution is 2.41. The van der Waals surface area contributed by atoms with Crippen LogP contribution in [0, 0.1) is 0 Å². The lowest BCUT2D eigenvalue weighted by atomic mass is 9.97. The topological polar surface area (TPSA) is 118 Å². The smallest absolute Gasteiger partial charge is 0.339 e. The van der Waals surface area contributed by atoms with Crippen LogP contribution in [0.1, 0.15) is 130 Å². The van der Waals surface area contributed by atoms with E-state index < -0.39 is 5.97 Å². The maximum Gasteiger partial charge on any atom is 0.339 e. The highest BCUT2D eigenvalue weighted by Gasteiger charge is 2.27. The van der Waals surface area contributed by atoms with Gasteiger partial charge in [-0.05, 0) is 147 Å². The predicted molar refractivity (Wildman–Crippen MR) is 232 cm³/mol. The average molecular weight is 799 g/mol. The Morgan fingerprint density at radius 3 is 1.58 bits per heavy atom. The molecule has 310 valence electrons. The summed E-state index contributed by atoms with van der Waals surface area (Å²) >= 11 is 0. The molecule has 0 saturated heterocycles. The molecule has 0 amide bonds. The van der Waals surface area contributed by atoms with Crippen molar-refractivity contribution >= 4 is 33.7 Å². The van der Waals surface area contributed by atoms with Crippen LogP contribution >= 0.6 is 0 Å². The Balaban J connectivity index is 0.000000179. The largest absolute Gasteiger partial charge is 0.478 e.